The Morgan fingerprint density at radius 2 is 2.12 bits per heavy atom. The summed E-state index contributed by atoms with van der Waals surface area (Å²) in [5.74, 6) is -0.979. The van der Waals surface area contributed by atoms with Crippen molar-refractivity contribution >= 4 is 5.97 Å². The number of carbonyl (C=O) groups is 1. The molecule has 0 bridgehead atoms. The van der Waals surface area contributed by atoms with Crippen LogP contribution >= 0.6 is 0 Å². The predicted octanol–water partition coefficient (Wildman–Crippen LogP) is 0.982. The molecular formula is C12H18N2O3. The number of aromatic carboxylic acids is 1. The molecule has 94 valence electrons. The number of pyridine rings is 1. The molecule has 5 heteroatoms. The zero-order chi connectivity index (χ0) is 13.1. The Labute approximate surface area is 101 Å². The standard InChI is InChI=1S/C12H18N2O3/c1-12(2,8-15)14(3)7-10-5-4-9(6-13-10)11(16)17/h4-6,15H,7-8H2,1-3H3,(H,16,17). The molecule has 0 saturated heterocycles. The molecule has 17 heavy (non-hydrogen) atoms. The van der Waals surface area contributed by atoms with Gasteiger partial charge in [-0.05, 0) is 33.0 Å². The van der Waals surface area contributed by atoms with Gasteiger partial charge in [0.15, 0.2) is 0 Å². The highest BCUT2D eigenvalue weighted by atomic mass is 16.4. The molecule has 1 aromatic rings. The molecule has 0 radical (unpaired) electrons. The van der Waals surface area contributed by atoms with Crippen LogP contribution in [0.2, 0.25) is 0 Å². The number of carboxylic acid groups (broad SMARTS) is 1. The second-order valence-corrected chi connectivity index (χ2v) is 4.67. The van der Waals surface area contributed by atoms with Crippen molar-refractivity contribution in [1.29, 1.82) is 0 Å². The lowest BCUT2D eigenvalue weighted by Crippen LogP contribution is -2.43. The summed E-state index contributed by atoms with van der Waals surface area (Å²) in [6.45, 7) is 4.47. The minimum absolute atomic E-state index is 0.0523. The Kier molecular flexibility index (Phi) is 4.20. The molecule has 5 nitrogen and oxygen atoms in total. The molecule has 1 heterocycles. The summed E-state index contributed by atoms with van der Waals surface area (Å²) >= 11 is 0. The van der Waals surface area contributed by atoms with Gasteiger partial charge in [-0.25, -0.2) is 4.79 Å². The van der Waals surface area contributed by atoms with Crippen molar-refractivity contribution in [2.24, 2.45) is 0 Å². The van der Waals surface area contributed by atoms with Gasteiger partial charge < -0.3 is 10.2 Å². The van der Waals surface area contributed by atoms with E-state index in [0.29, 0.717) is 6.54 Å². The van der Waals surface area contributed by atoms with Crippen molar-refractivity contribution in [2.45, 2.75) is 25.9 Å². The number of likely N-dealkylation sites (N-methyl/N-ethyl adjacent to an activating group) is 1. The normalized spacial score (nSPS) is 11.8. The Hall–Kier alpha value is -1.46. The quantitative estimate of drug-likeness (QED) is 0.800. The number of aromatic nitrogens is 1. The van der Waals surface area contributed by atoms with Crippen molar-refractivity contribution in [3.05, 3.63) is 29.6 Å². The third-order valence-corrected chi connectivity index (χ3v) is 2.89. The third-order valence-electron chi connectivity index (χ3n) is 2.89. The molecule has 0 amide bonds. The fraction of sp³-hybridized carbons (Fsp3) is 0.500. The smallest absolute Gasteiger partial charge is 0.337 e. The van der Waals surface area contributed by atoms with Crippen LogP contribution in [-0.4, -0.2) is 45.3 Å². The first-order chi connectivity index (χ1) is 7.86. The second-order valence-electron chi connectivity index (χ2n) is 4.67. The van der Waals surface area contributed by atoms with Crippen LogP contribution < -0.4 is 0 Å². The van der Waals surface area contributed by atoms with E-state index in [1.165, 1.54) is 12.3 Å². The molecule has 0 aliphatic heterocycles. The summed E-state index contributed by atoms with van der Waals surface area (Å²) < 4.78 is 0. The van der Waals surface area contributed by atoms with Gasteiger partial charge in [0.05, 0.1) is 17.9 Å². The summed E-state index contributed by atoms with van der Waals surface area (Å²) in [6.07, 6.45) is 1.34. The first kappa shape index (κ1) is 13.6. The van der Waals surface area contributed by atoms with Gasteiger partial charge in [-0.1, -0.05) is 0 Å². The fourth-order valence-electron chi connectivity index (χ4n) is 1.22. The number of aliphatic hydroxyl groups is 1. The van der Waals surface area contributed by atoms with Crippen molar-refractivity contribution in [3.8, 4) is 0 Å². The third kappa shape index (κ3) is 3.51. The Bertz CT molecular complexity index is 387. The van der Waals surface area contributed by atoms with Crippen LogP contribution in [0.3, 0.4) is 0 Å². The van der Waals surface area contributed by atoms with E-state index in [1.807, 2.05) is 25.8 Å². The number of aliphatic hydroxyl groups excluding tert-OH is 1. The van der Waals surface area contributed by atoms with Crippen molar-refractivity contribution in [3.63, 3.8) is 0 Å². The van der Waals surface area contributed by atoms with Crippen LogP contribution in [0, 0.1) is 0 Å². The second kappa shape index (κ2) is 5.25. The molecule has 0 aromatic carbocycles. The van der Waals surface area contributed by atoms with Gasteiger partial charge in [-0.2, -0.15) is 0 Å². The topological polar surface area (TPSA) is 73.7 Å². The maximum atomic E-state index is 10.7. The van der Waals surface area contributed by atoms with Crippen LogP contribution in [-0.2, 0) is 6.54 Å². The Morgan fingerprint density at radius 1 is 1.47 bits per heavy atom. The average molecular weight is 238 g/mol. The lowest BCUT2D eigenvalue weighted by Gasteiger charge is -2.33. The molecule has 0 fully saturated rings. The van der Waals surface area contributed by atoms with Crippen LogP contribution in [0.5, 0.6) is 0 Å². The highest BCUT2D eigenvalue weighted by Crippen LogP contribution is 2.14. The molecule has 0 aliphatic carbocycles. The van der Waals surface area contributed by atoms with Gasteiger partial charge in [0.25, 0.3) is 0 Å². The van der Waals surface area contributed by atoms with Gasteiger partial charge in [0, 0.05) is 18.3 Å². The molecule has 0 unspecified atom stereocenters. The summed E-state index contributed by atoms with van der Waals surface area (Å²) in [6, 6.07) is 3.22. The zero-order valence-electron chi connectivity index (χ0n) is 10.3. The van der Waals surface area contributed by atoms with Gasteiger partial charge in [0.1, 0.15) is 0 Å². The van der Waals surface area contributed by atoms with Gasteiger partial charge in [-0.15, -0.1) is 0 Å². The summed E-state index contributed by atoms with van der Waals surface area (Å²) in [7, 11) is 1.89. The molecule has 1 aromatic heterocycles. The number of nitrogens with zero attached hydrogens (tertiary/aromatic N) is 2. The molecule has 0 aliphatic rings. The van der Waals surface area contributed by atoms with E-state index in [4.69, 9.17) is 5.11 Å². The first-order valence-electron chi connectivity index (χ1n) is 5.37. The van der Waals surface area contributed by atoms with E-state index in [2.05, 4.69) is 4.98 Å². The lowest BCUT2D eigenvalue weighted by atomic mass is 10.1. The molecule has 1 rings (SSSR count). The average Bonchev–Trinajstić information content (AvgIpc) is 2.29. The van der Waals surface area contributed by atoms with E-state index in [-0.39, 0.29) is 17.7 Å². The molecule has 0 saturated carbocycles. The van der Waals surface area contributed by atoms with E-state index in [0.717, 1.165) is 5.69 Å². The minimum Gasteiger partial charge on any atom is -0.478 e. The first-order valence-corrected chi connectivity index (χ1v) is 5.37. The maximum absolute atomic E-state index is 10.7. The van der Waals surface area contributed by atoms with E-state index in [9.17, 15) is 9.90 Å². The van der Waals surface area contributed by atoms with Gasteiger partial charge in [-0.3, -0.25) is 9.88 Å². The Balaban J connectivity index is 2.73. The van der Waals surface area contributed by atoms with E-state index in [1.54, 1.807) is 6.07 Å². The molecule has 0 spiro atoms. The maximum Gasteiger partial charge on any atom is 0.337 e. The lowest BCUT2D eigenvalue weighted by molar-refractivity contribution is 0.0694. The summed E-state index contributed by atoms with van der Waals surface area (Å²) in [5.41, 5.74) is 0.629. The molecule has 0 atom stereocenters. The number of hydrogen-bond acceptors (Lipinski definition) is 4. The molecule has 2 N–H and O–H groups in total. The van der Waals surface area contributed by atoms with Gasteiger partial charge >= 0.3 is 5.97 Å². The Morgan fingerprint density at radius 3 is 2.53 bits per heavy atom. The van der Waals surface area contributed by atoms with Crippen LogP contribution in [0.15, 0.2) is 18.3 Å². The summed E-state index contributed by atoms with van der Waals surface area (Å²) in [4.78, 5) is 16.7. The highest BCUT2D eigenvalue weighted by Gasteiger charge is 2.22. The van der Waals surface area contributed by atoms with Crippen LogP contribution in [0.4, 0.5) is 0 Å². The number of hydrogen-bond donors (Lipinski definition) is 2. The predicted molar refractivity (Wildman–Crippen MR) is 63.8 cm³/mol. The number of rotatable bonds is 5. The fourth-order valence-corrected chi connectivity index (χ4v) is 1.22. The largest absolute Gasteiger partial charge is 0.478 e. The van der Waals surface area contributed by atoms with E-state index >= 15 is 0 Å². The van der Waals surface area contributed by atoms with Crippen molar-refractivity contribution in [1.82, 2.24) is 9.88 Å². The van der Waals surface area contributed by atoms with Crippen LogP contribution in [0.25, 0.3) is 0 Å². The SMILES string of the molecule is CN(Cc1ccc(C(=O)O)cn1)C(C)(C)CO. The van der Waals surface area contributed by atoms with Crippen molar-refractivity contribution in [2.75, 3.05) is 13.7 Å². The highest BCUT2D eigenvalue weighted by molar-refractivity contribution is 5.87. The zero-order valence-corrected chi connectivity index (χ0v) is 10.3. The van der Waals surface area contributed by atoms with Crippen molar-refractivity contribution < 1.29 is 15.0 Å². The summed E-state index contributed by atoms with van der Waals surface area (Å²) in [5, 5.41) is 18.0. The number of carboxylic acids is 1. The monoisotopic (exact) mass is 238 g/mol. The van der Waals surface area contributed by atoms with Gasteiger partial charge in [0.2, 0.25) is 0 Å². The molecular weight excluding hydrogens is 220 g/mol. The van der Waals surface area contributed by atoms with E-state index < -0.39 is 5.97 Å². The minimum atomic E-state index is -0.979. The van der Waals surface area contributed by atoms with Crippen LogP contribution in [0.1, 0.15) is 29.9 Å².